The highest BCUT2D eigenvalue weighted by atomic mass is 14.9. The molecule has 4 nitrogen and oxygen atoms in total. The molecule has 0 aliphatic heterocycles. The van der Waals surface area contributed by atoms with E-state index < -0.39 is 25.5 Å². The SMILES string of the molecule is [2H]C([2H])(c1ccc(-c2ccccc2)nc1)C([2H])([2H])c1cc(-c2ccccc2-c2cnc3c4ccccc4n4c5ccccc5c(-c5ccccc5)c4c3c2)cc(C([2H])([2H])C([2H])([2H])c2ccc(-c3ccccc3)nc2)c1. The molecule has 0 bridgehead atoms. The lowest BCUT2D eigenvalue weighted by Gasteiger charge is -2.16. The van der Waals surface area contributed by atoms with Gasteiger partial charge in [-0.25, -0.2) is 0 Å². The number of hydrogen-bond donors (Lipinski definition) is 0. The molecule has 0 amide bonds. The third-order valence-corrected chi connectivity index (χ3v) is 12.3. The molecular weight excluding hydrogens is 813 g/mol. The average molecular weight is 867 g/mol. The van der Waals surface area contributed by atoms with Crippen molar-refractivity contribution in [3.63, 3.8) is 0 Å². The standard InChI is InChI=1S/C63H46N4/c1-4-16-47(17-5-1)57-34-32-43(40-64-57)28-30-45-36-46(31-29-44-33-35-58(65-41-44)48-18-6-2-7-19-48)38-50(37-45)52-22-10-11-23-53(52)51-39-56-62(66-42-51)55-25-13-15-27-60(55)67-59-26-14-12-24-54(59)61(63(56)67)49-20-8-3-9-21-49/h1-27,32-42H,28-31H2/i28D2,29D2,30D2,31D2. The number of nitrogens with zero attached hydrogens (tertiary/aromatic N) is 4. The van der Waals surface area contributed by atoms with Crippen molar-refractivity contribution in [3.8, 4) is 55.9 Å². The van der Waals surface area contributed by atoms with Gasteiger partial charge in [0.15, 0.2) is 0 Å². The first-order valence-electron chi connectivity index (χ1n) is 26.3. The lowest BCUT2D eigenvalue weighted by molar-refractivity contribution is 0.923. The number of aryl methyl sites for hydroxylation is 4. The minimum Gasteiger partial charge on any atom is -0.308 e. The van der Waals surface area contributed by atoms with E-state index in [0.29, 0.717) is 28.1 Å². The highest BCUT2D eigenvalue weighted by Gasteiger charge is 2.21. The molecule has 0 radical (unpaired) electrons. The van der Waals surface area contributed by atoms with Crippen molar-refractivity contribution >= 4 is 38.2 Å². The van der Waals surface area contributed by atoms with E-state index in [0.717, 1.165) is 66.0 Å². The molecule has 5 aromatic heterocycles. The molecule has 12 rings (SSSR count). The van der Waals surface area contributed by atoms with Gasteiger partial charge in [0.1, 0.15) is 0 Å². The number of fused-ring (bicyclic) bond motifs is 8. The molecular formula is C63H46N4. The molecule has 0 fully saturated rings. The summed E-state index contributed by atoms with van der Waals surface area (Å²) >= 11 is 0. The van der Waals surface area contributed by atoms with Gasteiger partial charge in [-0.05, 0) is 100 Å². The van der Waals surface area contributed by atoms with Crippen LogP contribution < -0.4 is 0 Å². The lowest BCUT2D eigenvalue weighted by Crippen LogP contribution is -1.99. The summed E-state index contributed by atoms with van der Waals surface area (Å²) in [6.45, 7) is 0. The van der Waals surface area contributed by atoms with Gasteiger partial charge in [0.25, 0.3) is 0 Å². The summed E-state index contributed by atoms with van der Waals surface area (Å²) in [5.41, 5.74) is 10.8. The summed E-state index contributed by atoms with van der Waals surface area (Å²) in [5.74, 6) is 0. The van der Waals surface area contributed by atoms with E-state index in [1.165, 1.54) is 30.6 Å². The van der Waals surface area contributed by atoms with Gasteiger partial charge in [0, 0.05) is 68.0 Å². The second kappa shape index (κ2) is 17.5. The van der Waals surface area contributed by atoms with Gasteiger partial charge in [-0.15, -0.1) is 0 Å². The van der Waals surface area contributed by atoms with E-state index in [1.807, 2.05) is 121 Å². The first kappa shape index (κ1) is 32.2. The zero-order chi connectivity index (χ0) is 51.7. The van der Waals surface area contributed by atoms with Crippen LogP contribution in [0.5, 0.6) is 0 Å². The molecule has 5 heterocycles. The molecule has 67 heavy (non-hydrogen) atoms. The maximum Gasteiger partial charge on any atom is 0.0817 e. The van der Waals surface area contributed by atoms with Crippen LogP contribution >= 0.6 is 0 Å². The van der Waals surface area contributed by atoms with Crippen LogP contribution in [0, 0.1) is 0 Å². The lowest BCUT2D eigenvalue weighted by atomic mass is 9.90. The first-order chi connectivity index (χ1) is 36.2. The van der Waals surface area contributed by atoms with Gasteiger partial charge < -0.3 is 4.40 Å². The summed E-state index contributed by atoms with van der Waals surface area (Å²) in [7, 11) is 0. The van der Waals surface area contributed by atoms with Crippen LogP contribution in [0.1, 0.15) is 33.2 Å². The molecule has 0 atom stereocenters. The normalized spacial score (nSPS) is 14.1. The molecule has 0 spiro atoms. The average Bonchev–Trinajstić information content (AvgIpc) is 3.84. The smallest absolute Gasteiger partial charge is 0.0817 e. The number of aromatic nitrogens is 4. The van der Waals surface area contributed by atoms with Crippen molar-refractivity contribution in [2.75, 3.05) is 0 Å². The third-order valence-electron chi connectivity index (χ3n) is 12.3. The minimum absolute atomic E-state index is 0.0172. The highest BCUT2D eigenvalue weighted by Crippen LogP contribution is 2.43. The fraction of sp³-hybridized carbons (Fsp3) is 0.0635. The molecule has 0 saturated carbocycles. The van der Waals surface area contributed by atoms with Crippen molar-refractivity contribution in [2.24, 2.45) is 0 Å². The van der Waals surface area contributed by atoms with Gasteiger partial charge in [-0.2, -0.15) is 0 Å². The Labute approximate surface area is 401 Å². The quantitative estimate of drug-likeness (QED) is 0.122. The zero-order valence-corrected chi connectivity index (χ0v) is 36.2. The summed E-state index contributed by atoms with van der Waals surface area (Å²) in [5, 5.41) is 2.96. The first-order valence-corrected chi connectivity index (χ1v) is 22.3. The monoisotopic (exact) mass is 866 g/mol. The van der Waals surface area contributed by atoms with E-state index in [2.05, 4.69) is 69.0 Å². The molecule has 0 saturated heterocycles. The number of hydrogen-bond acceptors (Lipinski definition) is 3. The van der Waals surface area contributed by atoms with Gasteiger partial charge in [0.2, 0.25) is 0 Å². The maximum atomic E-state index is 9.72. The Morgan fingerprint density at radius 3 is 1.39 bits per heavy atom. The number of pyridine rings is 4. The van der Waals surface area contributed by atoms with E-state index in [4.69, 9.17) is 4.98 Å². The molecule has 0 N–H and O–H groups in total. The number of rotatable bonds is 11. The molecule has 7 aromatic carbocycles. The van der Waals surface area contributed by atoms with Crippen LogP contribution in [0.4, 0.5) is 0 Å². The van der Waals surface area contributed by atoms with E-state index in [9.17, 15) is 11.0 Å². The van der Waals surface area contributed by atoms with Crippen LogP contribution in [0.2, 0.25) is 0 Å². The molecule has 12 aromatic rings. The Kier molecular flexibility index (Phi) is 8.41. The van der Waals surface area contributed by atoms with Crippen molar-refractivity contribution < 1.29 is 11.0 Å². The predicted octanol–water partition coefficient (Wildman–Crippen LogP) is 15.5. The topological polar surface area (TPSA) is 43.1 Å². The predicted molar refractivity (Wildman–Crippen MR) is 278 cm³/mol. The Balaban J connectivity index is 1.05. The van der Waals surface area contributed by atoms with Gasteiger partial charge in [-0.1, -0.05) is 182 Å². The van der Waals surface area contributed by atoms with Crippen molar-refractivity contribution in [2.45, 2.75) is 25.5 Å². The summed E-state index contributed by atoms with van der Waals surface area (Å²) < 4.78 is 79.2. The molecule has 318 valence electrons. The number of para-hydroxylation sites is 2. The Morgan fingerprint density at radius 1 is 0.343 bits per heavy atom. The van der Waals surface area contributed by atoms with E-state index in [1.54, 1.807) is 24.3 Å². The molecule has 4 heteroatoms. The van der Waals surface area contributed by atoms with Gasteiger partial charge in [-0.3, -0.25) is 15.0 Å². The fourth-order valence-electron chi connectivity index (χ4n) is 9.22. The van der Waals surface area contributed by atoms with Crippen LogP contribution in [-0.4, -0.2) is 19.4 Å². The largest absolute Gasteiger partial charge is 0.308 e. The molecule has 0 aliphatic rings. The van der Waals surface area contributed by atoms with Crippen molar-refractivity contribution in [1.82, 2.24) is 19.4 Å². The van der Waals surface area contributed by atoms with Crippen LogP contribution in [0.25, 0.3) is 94.1 Å². The summed E-state index contributed by atoms with van der Waals surface area (Å²) in [6.07, 6.45) is -6.53. The fourth-order valence-corrected chi connectivity index (χ4v) is 9.22. The summed E-state index contributed by atoms with van der Waals surface area (Å²) in [4.78, 5) is 14.3. The van der Waals surface area contributed by atoms with Gasteiger partial charge >= 0.3 is 0 Å². The zero-order valence-electron chi connectivity index (χ0n) is 44.2. The minimum atomic E-state index is -2.81. The molecule has 0 unspecified atom stereocenters. The van der Waals surface area contributed by atoms with E-state index >= 15 is 0 Å². The van der Waals surface area contributed by atoms with Gasteiger partial charge in [0.05, 0.1) is 33.5 Å². The Morgan fingerprint density at radius 2 is 0.821 bits per heavy atom. The Hall–Kier alpha value is -8.47. The van der Waals surface area contributed by atoms with Crippen molar-refractivity contribution in [3.05, 3.63) is 253 Å². The van der Waals surface area contributed by atoms with E-state index in [-0.39, 0.29) is 22.3 Å². The number of benzene rings is 7. The van der Waals surface area contributed by atoms with Crippen LogP contribution in [0.3, 0.4) is 0 Å². The summed E-state index contributed by atoms with van der Waals surface area (Å²) in [6, 6.07) is 66.3. The maximum absolute atomic E-state index is 9.72. The second-order valence-electron chi connectivity index (χ2n) is 16.5. The second-order valence-corrected chi connectivity index (χ2v) is 16.5. The van der Waals surface area contributed by atoms with Crippen molar-refractivity contribution in [1.29, 1.82) is 0 Å². The van der Waals surface area contributed by atoms with Crippen LogP contribution in [-0.2, 0) is 25.5 Å². The van der Waals surface area contributed by atoms with Crippen LogP contribution in [0.15, 0.2) is 231 Å². The Bertz CT molecular complexity index is 3980. The third kappa shape index (κ3) is 7.73. The highest BCUT2D eigenvalue weighted by molar-refractivity contribution is 6.21. The molecule has 0 aliphatic carbocycles.